The number of likely N-dealkylation sites (N-methyl/N-ethyl adjacent to an activating group) is 2. The van der Waals surface area contributed by atoms with E-state index < -0.39 is 0 Å². The first-order valence-corrected chi connectivity index (χ1v) is 7.29. The molecule has 19 heavy (non-hydrogen) atoms. The Kier molecular flexibility index (Phi) is 5.36. The standard InChI is InChI=1S/C14H27N5/c1-4-5-19-12-16-9-13(19)8-15-10-14-11-17(2)6-7-18(14)3/h9,12,14-15H,4-8,10-11H2,1-3H3. The molecule has 1 fully saturated rings. The van der Waals surface area contributed by atoms with Crippen molar-refractivity contribution in [2.45, 2.75) is 32.5 Å². The Morgan fingerprint density at radius 3 is 3.00 bits per heavy atom. The van der Waals surface area contributed by atoms with Crippen molar-refractivity contribution in [3.63, 3.8) is 0 Å². The molecule has 1 aliphatic heterocycles. The molecule has 0 aromatic carbocycles. The minimum atomic E-state index is 0.612. The van der Waals surface area contributed by atoms with Crippen molar-refractivity contribution in [2.75, 3.05) is 40.3 Å². The largest absolute Gasteiger partial charge is 0.333 e. The molecule has 0 radical (unpaired) electrons. The third-order valence-corrected chi connectivity index (χ3v) is 3.93. The van der Waals surface area contributed by atoms with Crippen molar-refractivity contribution in [2.24, 2.45) is 0 Å². The predicted molar refractivity (Wildman–Crippen MR) is 78.1 cm³/mol. The second-order valence-electron chi connectivity index (χ2n) is 5.61. The lowest BCUT2D eigenvalue weighted by Crippen LogP contribution is -2.53. The normalized spacial score (nSPS) is 21.9. The summed E-state index contributed by atoms with van der Waals surface area (Å²) in [7, 11) is 4.43. The van der Waals surface area contributed by atoms with Crippen LogP contribution in [0.5, 0.6) is 0 Å². The number of aryl methyl sites for hydroxylation is 1. The number of nitrogens with zero attached hydrogens (tertiary/aromatic N) is 4. The molecule has 1 saturated heterocycles. The molecule has 5 nitrogen and oxygen atoms in total. The smallest absolute Gasteiger partial charge is 0.0948 e. The van der Waals surface area contributed by atoms with E-state index >= 15 is 0 Å². The monoisotopic (exact) mass is 265 g/mol. The first kappa shape index (κ1) is 14.5. The number of hydrogen-bond donors (Lipinski definition) is 1. The van der Waals surface area contributed by atoms with Crippen LogP contribution in [0.4, 0.5) is 0 Å². The molecular formula is C14H27N5. The third kappa shape index (κ3) is 4.03. The molecule has 0 bridgehead atoms. The van der Waals surface area contributed by atoms with Crippen molar-refractivity contribution in [1.29, 1.82) is 0 Å². The molecule has 1 atom stereocenters. The highest BCUT2D eigenvalue weighted by Crippen LogP contribution is 2.05. The van der Waals surface area contributed by atoms with Crippen LogP contribution >= 0.6 is 0 Å². The maximum absolute atomic E-state index is 4.24. The van der Waals surface area contributed by atoms with E-state index in [9.17, 15) is 0 Å². The molecule has 0 aliphatic carbocycles. The molecule has 1 aromatic heterocycles. The molecule has 108 valence electrons. The van der Waals surface area contributed by atoms with E-state index in [4.69, 9.17) is 0 Å². The van der Waals surface area contributed by atoms with Gasteiger partial charge in [0, 0.05) is 51.5 Å². The molecule has 2 heterocycles. The van der Waals surface area contributed by atoms with Gasteiger partial charge in [-0.15, -0.1) is 0 Å². The van der Waals surface area contributed by atoms with Gasteiger partial charge in [-0.3, -0.25) is 4.90 Å². The van der Waals surface area contributed by atoms with Gasteiger partial charge in [-0.2, -0.15) is 0 Å². The number of hydrogen-bond acceptors (Lipinski definition) is 4. The van der Waals surface area contributed by atoms with E-state index in [1.807, 2.05) is 12.5 Å². The number of imidazole rings is 1. The molecule has 1 unspecified atom stereocenters. The SMILES string of the molecule is CCCn1cncc1CNCC1CN(C)CCN1C. The quantitative estimate of drug-likeness (QED) is 0.818. The van der Waals surface area contributed by atoms with Gasteiger partial charge in [-0.05, 0) is 20.5 Å². The molecule has 0 spiro atoms. The molecule has 1 N–H and O–H groups in total. The maximum Gasteiger partial charge on any atom is 0.0948 e. The van der Waals surface area contributed by atoms with Crippen molar-refractivity contribution in [3.8, 4) is 0 Å². The Morgan fingerprint density at radius 2 is 2.21 bits per heavy atom. The molecule has 0 saturated carbocycles. The van der Waals surface area contributed by atoms with Crippen LogP contribution in [0.25, 0.3) is 0 Å². The fraction of sp³-hybridized carbons (Fsp3) is 0.786. The number of rotatable bonds is 6. The van der Waals surface area contributed by atoms with Crippen LogP contribution in [-0.4, -0.2) is 65.7 Å². The Morgan fingerprint density at radius 1 is 1.37 bits per heavy atom. The minimum absolute atomic E-state index is 0.612. The maximum atomic E-state index is 4.24. The summed E-state index contributed by atoms with van der Waals surface area (Å²) >= 11 is 0. The fourth-order valence-corrected chi connectivity index (χ4v) is 2.63. The molecule has 0 amide bonds. The summed E-state index contributed by atoms with van der Waals surface area (Å²) in [6.45, 7) is 8.70. The van der Waals surface area contributed by atoms with E-state index in [1.165, 1.54) is 12.2 Å². The van der Waals surface area contributed by atoms with Gasteiger partial charge in [0.2, 0.25) is 0 Å². The first-order valence-electron chi connectivity index (χ1n) is 7.29. The van der Waals surface area contributed by atoms with Crippen molar-refractivity contribution < 1.29 is 0 Å². The number of aromatic nitrogens is 2. The number of piperazine rings is 1. The summed E-state index contributed by atoms with van der Waals surface area (Å²) in [4.78, 5) is 9.10. The lowest BCUT2D eigenvalue weighted by atomic mass is 10.2. The number of nitrogens with one attached hydrogen (secondary N) is 1. The van der Waals surface area contributed by atoms with Gasteiger partial charge in [-0.1, -0.05) is 6.92 Å². The predicted octanol–water partition coefficient (Wildman–Crippen LogP) is 0.629. The van der Waals surface area contributed by atoms with E-state index in [0.29, 0.717) is 6.04 Å². The lowest BCUT2D eigenvalue weighted by Gasteiger charge is -2.37. The van der Waals surface area contributed by atoms with E-state index in [0.717, 1.165) is 39.1 Å². The van der Waals surface area contributed by atoms with Crippen LogP contribution in [-0.2, 0) is 13.1 Å². The zero-order valence-corrected chi connectivity index (χ0v) is 12.5. The van der Waals surface area contributed by atoms with Gasteiger partial charge in [-0.25, -0.2) is 4.98 Å². The van der Waals surface area contributed by atoms with Gasteiger partial charge in [0.25, 0.3) is 0 Å². The summed E-state index contributed by atoms with van der Waals surface area (Å²) in [5.74, 6) is 0. The summed E-state index contributed by atoms with van der Waals surface area (Å²) in [6, 6.07) is 0.612. The summed E-state index contributed by atoms with van der Waals surface area (Å²) < 4.78 is 2.24. The molecule has 1 aromatic rings. The summed E-state index contributed by atoms with van der Waals surface area (Å²) in [5.41, 5.74) is 1.29. The highest BCUT2D eigenvalue weighted by atomic mass is 15.3. The lowest BCUT2D eigenvalue weighted by molar-refractivity contribution is 0.113. The van der Waals surface area contributed by atoms with E-state index in [2.05, 4.69) is 45.7 Å². The van der Waals surface area contributed by atoms with Crippen LogP contribution in [0.3, 0.4) is 0 Å². The van der Waals surface area contributed by atoms with Gasteiger partial charge >= 0.3 is 0 Å². The molecule has 1 aliphatic rings. The zero-order valence-electron chi connectivity index (χ0n) is 12.5. The third-order valence-electron chi connectivity index (χ3n) is 3.93. The average molecular weight is 265 g/mol. The molecular weight excluding hydrogens is 238 g/mol. The first-order chi connectivity index (χ1) is 9.20. The van der Waals surface area contributed by atoms with Crippen molar-refractivity contribution in [1.82, 2.24) is 24.7 Å². The van der Waals surface area contributed by atoms with Crippen molar-refractivity contribution >= 4 is 0 Å². The van der Waals surface area contributed by atoms with Crippen LogP contribution in [0.1, 0.15) is 19.0 Å². The second kappa shape index (κ2) is 7.03. The topological polar surface area (TPSA) is 36.3 Å². The van der Waals surface area contributed by atoms with Crippen LogP contribution < -0.4 is 5.32 Å². The van der Waals surface area contributed by atoms with E-state index in [1.54, 1.807) is 0 Å². The Hall–Kier alpha value is -0.910. The van der Waals surface area contributed by atoms with Gasteiger partial charge < -0.3 is 14.8 Å². The van der Waals surface area contributed by atoms with Crippen molar-refractivity contribution in [3.05, 3.63) is 18.2 Å². The minimum Gasteiger partial charge on any atom is -0.333 e. The molecule has 5 heteroatoms. The van der Waals surface area contributed by atoms with Gasteiger partial charge in [0.1, 0.15) is 0 Å². The Balaban J connectivity index is 1.77. The summed E-state index contributed by atoms with van der Waals surface area (Å²) in [5, 5.41) is 3.58. The highest BCUT2D eigenvalue weighted by Gasteiger charge is 2.21. The highest BCUT2D eigenvalue weighted by molar-refractivity contribution is 4.98. The fourth-order valence-electron chi connectivity index (χ4n) is 2.63. The van der Waals surface area contributed by atoms with Gasteiger partial charge in [0.15, 0.2) is 0 Å². The van der Waals surface area contributed by atoms with E-state index in [-0.39, 0.29) is 0 Å². The van der Waals surface area contributed by atoms with Gasteiger partial charge in [0.05, 0.1) is 12.0 Å². The Labute approximate surface area is 116 Å². The Bertz CT molecular complexity index is 376. The summed E-state index contributed by atoms with van der Waals surface area (Å²) in [6.07, 6.45) is 5.06. The van der Waals surface area contributed by atoms with Crippen LogP contribution in [0.15, 0.2) is 12.5 Å². The van der Waals surface area contributed by atoms with Crippen LogP contribution in [0.2, 0.25) is 0 Å². The average Bonchev–Trinajstić information content (AvgIpc) is 2.82. The van der Waals surface area contributed by atoms with Crippen LogP contribution in [0, 0.1) is 0 Å². The zero-order chi connectivity index (χ0) is 13.7. The second-order valence-corrected chi connectivity index (χ2v) is 5.61. The molecule has 2 rings (SSSR count).